The van der Waals surface area contributed by atoms with Crippen LogP contribution < -0.4 is 5.32 Å². The predicted octanol–water partition coefficient (Wildman–Crippen LogP) is 1.12. The van der Waals surface area contributed by atoms with Gasteiger partial charge in [-0.3, -0.25) is 0 Å². The van der Waals surface area contributed by atoms with Crippen molar-refractivity contribution in [3.05, 3.63) is 35.4 Å². The zero-order valence-electron chi connectivity index (χ0n) is 8.25. The summed E-state index contributed by atoms with van der Waals surface area (Å²) in [4.78, 5) is 0. The smallest absolute Gasteiger partial charge is 0.0704 e. The van der Waals surface area contributed by atoms with Gasteiger partial charge in [-0.05, 0) is 31.5 Å². The number of hydrogen-bond acceptors (Lipinski definition) is 2. The van der Waals surface area contributed by atoms with Crippen molar-refractivity contribution in [1.29, 1.82) is 0 Å². The molecule has 1 aromatic carbocycles. The second kappa shape index (κ2) is 5.00. The largest absolute Gasteiger partial charge is 0.391 e. The number of aliphatic hydroxyl groups is 1. The molecule has 0 aliphatic rings. The molecule has 0 saturated carbocycles. The molecule has 1 atom stereocenters. The van der Waals surface area contributed by atoms with Crippen LogP contribution in [-0.2, 0) is 6.42 Å². The van der Waals surface area contributed by atoms with Crippen LogP contribution in [-0.4, -0.2) is 24.8 Å². The summed E-state index contributed by atoms with van der Waals surface area (Å²) in [5, 5.41) is 12.5. The van der Waals surface area contributed by atoms with E-state index >= 15 is 0 Å². The van der Waals surface area contributed by atoms with Gasteiger partial charge in [0, 0.05) is 6.54 Å². The Morgan fingerprint density at radius 1 is 1.38 bits per heavy atom. The minimum Gasteiger partial charge on any atom is -0.391 e. The van der Waals surface area contributed by atoms with Crippen molar-refractivity contribution in [3.8, 4) is 0 Å². The van der Waals surface area contributed by atoms with Crippen molar-refractivity contribution in [2.75, 3.05) is 13.6 Å². The Hall–Kier alpha value is -0.860. The molecule has 2 heteroatoms. The summed E-state index contributed by atoms with van der Waals surface area (Å²) in [5.74, 6) is 0. The van der Waals surface area contributed by atoms with E-state index in [0.29, 0.717) is 6.54 Å². The molecule has 0 aromatic heterocycles. The summed E-state index contributed by atoms with van der Waals surface area (Å²) in [6.45, 7) is 2.72. The lowest BCUT2D eigenvalue weighted by atomic mass is 10.0. The van der Waals surface area contributed by atoms with Gasteiger partial charge in [0.05, 0.1) is 6.10 Å². The van der Waals surface area contributed by atoms with Crippen molar-refractivity contribution in [1.82, 2.24) is 5.32 Å². The highest BCUT2D eigenvalue weighted by Crippen LogP contribution is 2.09. The number of likely N-dealkylation sites (N-methyl/N-ethyl adjacent to an activating group) is 1. The molecule has 2 nitrogen and oxygen atoms in total. The molecule has 0 heterocycles. The number of benzene rings is 1. The van der Waals surface area contributed by atoms with Crippen LogP contribution in [0.15, 0.2) is 24.3 Å². The first-order valence-corrected chi connectivity index (χ1v) is 4.61. The number of aliphatic hydroxyl groups excluding tert-OH is 1. The van der Waals surface area contributed by atoms with E-state index in [0.717, 1.165) is 6.42 Å². The fourth-order valence-electron chi connectivity index (χ4n) is 1.40. The first-order chi connectivity index (χ1) is 6.24. The minimum absolute atomic E-state index is 0.286. The van der Waals surface area contributed by atoms with Gasteiger partial charge in [0.25, 0.3) is 0 Å². The Morgan fingerprint density at radius 2 is 2.08 bits per heavy atom. The van der Waals surface area contributed by atoms with Crippen molar-refractivity contribution < 1.29 is 5.11 Å². The van der Waals surface area contributed by atoms with Crippen molar-refractivity contribution >= 4 is 0 Å². The molecular formula is C11H17NO. The molecule has 2 N–H and O–H groups in total. The molecule has 1 aromatic rings. The van der Waals surface area contributed by atoms with E-state index < -0.39 is 0 Å². The van der Waals surface area contributed by atoms with Gasteiger partial charge in [-0.25, -0.2) is 0 Å². The van der Waals surface area contributed by atoms with E-state index in [1.807, 2.05) is 19.2 Å². The van der Waals surface area contributed by atoms with Gasteiger partial charge in [-0.15, -0.1) is 0 Å². The van der Waals surface area contributed by atoms with Crippen molar-refractivity contribution in [2.45, 2.75) is 19.4 Å². The molecule has 13 heavy (non-hydrogen) atoms. The highest BCUT2D eigenvalue weighted by atomic mass is 16.3. The third-order valence-corrected chi connectivity index (χ3v) is 2.16. The topological polar surface area (TPSA) is 32.3 Å². The molecule has 0 aliphatic heterocycles. The van der Waals surface area contributed by atoms with Crippen LogP contribution in [0.3, 0.4) is 0 Å². The van der Waals surface area contributed by atoms with Crippen LogP contribution in [0.2, 0.25) is 0 Å². The molecule has 0 radical (unpaired) electrons. The van der Waals surface area contributed by atoms with E-state index in [4.69, 9.17) is 0 Å². The molecule has 0 fully saturated rings. The fraction of sp³-hybridized carbons (Fsp3) is 0.455. The van der Waals surface area contributed by atoms with Crippen LogP contribution >= 0.6 is 0 Å². The highest BCUT2D eigenvalue weighted by molar-refractivity contribution is 5.26. The normalized spacial score (nSPS) is 12.8. The van der Waals surface area contributed by atoms with Gasteiger partial charge in [0.2, 0.25) is 0 Å². The molecule has 0 bridgehead atoms. The standard InChI is InChI=1S/C11H17NO/c1-9-5-3-4-6-10(9)7-11(13)8-12-2/h3-6,11-13H,7-8H2,1-2H3. The average molecular weight is 179 g/mol. The molecule has 0 saturated heterocycles. The Balaban J connectivity index is 2.58. The quantitative estimate of drug-likeness (QED) is 0.726. The van der Waals surface area contributed by atoms with E-state index in [-0.39, 0.29) is 6.10 Å². The highest BCUT2D eigenvalue weighted by Gasteiger charge is 2.05. The summed E-state index contributed by atoms with van der Waals surface area (Å²) < 4.78 is 0. The van der Waals surface area contributed by atoms with Crippen molar-refractivity contribution in [2.24, 2.45) is 0 Å². The molecule has 0 amide bonds. The Labute approximate surface area is 79.6 Å². The molecule has 0 spiro atoms. The number of nitrogens with one attached hydrogen (secondary N) is 1. The van der Waals surface area contributed by atoms with Crippen LogP contribution in [0.5, 0.6) is 0 Å². The van der Waals surface area contributed by atoms with E-state index in [2.05, 4.69) is 24.4 Å². The first kappa shape index (κ1) is 10.2. The van der Waals surface area contributed by atoms with Gasteiger partial charge in [0.15, 0.2) is 0 Å². The first-order valence-electron chi connectivity index (χ1n) is 4.61. The lowest BCUT2D eigenvalue weighted by molar-refractivity contribution is 0.174. The third kappa shape index (κ3) is 3.17. The van der Waals surface area contributed by atoms with Crippen LogP contribution in [0.25, 0.3) is 0 Å². The third-order valence-electron chi connectivity index (χ3n) is 2.16. The number of hydrogen-bond donors (Lipinski definition) is 2. The monoisotopic (exact) mass is 179 g/mol. The average Bonchev–Trinajstić information content (AvgIpc) is 2.09. The molecule has 0 aliphatic carbocycles. The van der Waals surface area contributed by atoms with Crippen LogP contribution in [0.4, 0.5) is 0 Å². The fourth-order valence-corrected chi connectivity index (χ4v) is 1.40. The van der Waals surface area contributed by atoms with Gasteiger partial charge in [-0.1, -0.05) is 24.3 Å². The molecule has 1 unspecified atom stereocenters. The number of rotatable bonds is 4. The summed E-state index contributed by atoms with van der Waals surface area (Å²) in [5.41, 5.74) is 2.47. The maximum Gasteiger partial charge on any atom is 0.0704 e. The second-order valence-corrected chi connectivity index (χ2v) is 3.34. The minimum atomic E-state index is -0.286. The Bertz CT molecular complexity index is 260. The summed E-state index contributed by atoms with van der Waals surface area (Å²) >= 11 is 0. The second-order valence-electron chi connectivity index (χ2n) is 3.34. The maximum absolute atomic E-state index is 9.56. The van der Waals surface area contributed by atoms with Gasteiger partial charge >= 0.3 is 0 Å². The summed E-state index contributed by atoms with van der Waals surface area (Å²) in [7, 11) is 1.85. The zero-order valence-corrected chi connectivity index (χ0v) is 8.25. The van der Waals surface area contributed by atoms with Gasteiger partial charge in [0.1, 0.15) is 0 Å². The van der Waals surface area contributed by atoms with Crippen LogP contribution in [0, 0.1) is 6.92 Å². The lowest BCUT2D eigenvalue weighted by Crippen LogP contribution is -2.25. The Kier molecular flexibility index (Phi) is 3.93. The van der Waals surface area contributed by atoms with Crippen molar-refractivity contribution in [3.63, 3.8) is 0 Å². The van der Waals surface area contributed by atoms with E-state index in [1.165, 1.54) is 11.1 Å². The summed E-state index contributed by atoms with van der Waals surface area (Å²) in [6, 6.07) is 8.16. The predicted molar refractivity (Wildman–Crippen MR) is 54.8 cm³/mol. The lowest BCUT2D eigenvalue weighted by Gasteiger charge is -2.11. The molecular weight excluding hydrogens is 162 g/mol. The van der Waals surface area contributed by atoms with Gasteiger partial charge in [-0.2, -0.15) is 0 Å². The SMILES string of the molecule is CNCC(O)Cc1ccccc1C. The van der Waals surface area contributed by atoms with Gasteiger partial charge < -0.3 is 10.4 Å². The molecule has 1 rings (SSSR count). The van der Waals surface area contributed by atoms with E-state index in [1.54, 1.807) is 0 Å². The number of aryl methyl sites for hydroxylation is 1. The summed E-state index contributed by atoms with van der Waals surface area (Å²) in [6.07, 6.45) is 0.444. The van der Waals surface area contributed by atoms with Crippen LogP contribution in [0.1, 0.15) is 11.1 Å². The van der Waals surface area contributed by atoms with E-state index in [9.17, 15) is 5.11 Å². The zero-order chi connectivity index (χ0) is 9.68. The Morgan fingerprint density at radius 3 is 2.69 bits per heavy atom. The maximum atomic E-state index is 9.56. The molecule has 72 valence electrons.